The van der Waals surface area contributed by atoms with Crippen molar-refractivity contribution in [1.29, 1.82) is 0 Å². The second kappa shape index (κ2) is 9.47. The molecule has 32 heavy (non-hydrogen) atoms. The van der Waals surface area contributed by atoms with Crippen molar-refractivity contribution in [3.8, 4) is 11.4 Å². The maximum absolute atomic E-state index is 12.7. The molecule has 1 unspecified atom stereocenters. The minimum Gasteiger partial charge on any atom is -0.344 e. The number of nitrogens with one attached hydrogen (secondary N) is 1. The van der Waals surface area contributed by atoms with Crippen molar-refractivity contribution in [1.82, 2.24) is 24.7 Å². The van der Waals surface area contributed by atoms with Crippen molar-refractivity contribution in [3.63, 3.8) is 0 Å². The number of hydrogen-bond acceptors (Lipinski definition) is 8. The predicted octanol–water partition coefficient (Wildman–Crippen LogP) is 3.03. The summed E-state index contributed by atoms with van der Waals surface area (Å²) in [6.07, 6.45) is 5.14. The first-order chi connectivity index (χ1) is 15.3. The van der Waals surface area contributed by atoms with Crippen LogP contribution >= 0.6 is 11.3 Å². The van der Waals surface area contributed by atoms with Gasteiger partial charge in [0.25, 0.3) is 10.0 Å². The van der Waals surface area contributed by atoms with E-state index in [1.807, 2.05) is 13.8 Å². The Bertz CT molecular complexity index is 1170. The Kier molecular flexibility index (Phi) is 6.68. The molecule has 0 aliphatic carbocycles. The van der Waals surface area contributed by atoms with E-state index in [0.29, 0.717) is 29.7 Å². The van der Waals surface area contributed by atoms with Gasteiger partial charge in [0.1, 0.15) is 10.3 Å². The molecule has 1 saturated heterocycles. The maximum Gasteiger partial charge on any atom is 0.252 e. The van der Waals surface area contributed by atoms with Crippen molar-refractivity contribution in [2.75, 3.05) is 13.1 Å². The van der Waals surface area contributed by atoms with E-state index in [1.54, 1.807) is 36.7 Å². The fourth-order valence-corrected chi connectivity index (χ4v) is 6.55. The molecule has 0 spiro atoms. The molecule has 3 aromatic heterocycles. The normalized spacial score (nSPS) is 15.8. The van der Waals surface area contributed by atoms with Crippen molar-refractivity contribution in [2.24, 2.45) is 5.92 Å². The summed E-state index contributed by atoms with van der Waals surface area (Å²) in [5.74, 6) is 0.527. The van der Waals surface area contributed by atoms with Gasteiger partial charge in [-0.3, -0.25) is 9.78 Å². The van der Waals surface area contributed by atoms with Crippen LogP contribution in [0.4, 0.5) is 0 Å². The third-order valence-corrected chi connectivity index (χ3v) is 8.71. The Hall–Kier alpha value is -2.63. The van der Waals surface area contributed by atoms with Gasteiger partial charge in [-0.25, -0.2) is 8.42 Å². The van der Waals surface area contributed by atoms with Crippen LogP contribution in [0.5, 0.6) is 0 Å². The van der Waals surface area contributed by atoms with E-state index < -0.39 is 16.1 Å². The average Bonchev–Trinajstić information content (AvgIpc) is 3.54. The Morgan fingerprint density at radius 1 is 1.19 bits per heavy atom. The fraction of sp³-hybridized carbons (Fsp3) is 0.429. The zero-order valence-electron chi connectivity index (χ0n) is 17.9. The molecule has 1 aliphatic rings. The van der Waals surface area contributed by atoms with Crippen molar-refractivity contribution < 1.29 is 17.7 Å². The predicted molar refractivity (Wildman–Crippen MR) is 119 cm³/mol. The molecule has 4 heterocycles. The van der Waals surface area contributed by atoms with Crippen LogP contribution in [0.3, 0.4) is 0 Å². The summed E-state index contributed by atoms with van der Waals surface area (Å²) in [6.45, 7) is 5.01. The van der Waals surface area contributed by atoms with Gasteiger partial charge in [0.05, 0.1) is 6.42 Å². The van der Waals surface area contributed by atoms with Crippen LogP contribution in [0, 0.1) is 5.92 Å². The van der Waals surface area contributed by atoms with Crippen molar-refractivity contribution in [2.45, 2.75) is 43.4 Å². The number of sulfonamides is 1. The van der Waals surface area contributed by atoms with Gasteiger partial charge in [0.2, 0.25) is 17.6 Å². The molecule has 0 saturated carbocycles. The van der Waals surface area contributed by atoms with E-state index in [1.165, 1.54) is 4.31 Å². The van der Waals surface area contributed by atoms with Gasteiger partial charge in [-0.1, -0.05) is 19.0 Å². The van der Waals surface area contributed by atoms with E-state index in [9.17, 15) is 13.2 Å². The highest BCUT2D eigenvalue weighted by molar-refractivity contribution is 7.91. The number of rotatable bonds is 8. The van der Waals surface area contributed by atoms with Crippen LogP contribution < -0.4 is 5.32 Å². The molecule has 1 aliphatic heterocycles. The first-order valence-corrected chi connectivity index (χ1v) is 12.7. The summed E-state index contributed by atoms with van der Waals surface area (Å²) in [5.41, 5.74) is 0.772. The number of pyridine rings is 1. The van der Waals surface area contributed by atoms with Crippen molar-refractivity contribution >= 4 is 27.3 Å². The molecule has 1 atom stereocenters. The molecule has 0 radical (unpaired) electrons. The SMILES string of the molecule is CC(C)C(NC(=O)Cc1ccc(S(=O)(=O)N2CCCC2)s1)c1nc(-c2ccncc2)no1. The highest BCUT2D eigenvalue weighted by Gasteiger charge is 2.29. The number of carbonyl (C=O) groups is 1. The molecule has 0 bridgehead atoms. The lowest BCUT2D eigenvalue weighted by atomic mass is 10.0. The number of amides is 1. The highest BCUT2D eigenvalue weighted by atomic mass is 32.2. The van der Waals surface area contributed by atoms with Gasteiger partial charge in [-0.2, -0.15) is 9.29 Å². The van der Waals surface area contributed by atoms with Gasteiger partial charge < -0.3 is 9.84 Å². The second-order valence-electron chi connectivity index (χ2n) is 7.99. The Balaban J connectivity index is 1.43. The largest absolute Gasteiger partial charge is 0.344 e. The molecule has 0 aromatic carbocycles. The summed E-state index contributed by atoms with van der Waals surface area (Å²) in [5, 5.41) is 6.96. The lowest BCUT2D eigenvalue weighted by Crippen LogP contribution is -2.33. The van der Waals surface area contributed by atoms with Crippen LogP contribution in [0.2, 0.25) is 0 Å². The molecular formula is C21H25N5O4S2. The number of thiophene rings is 1. The number of aromatic nitrogens is 3. The monoisotopic (exact) mass is 475 g/mol. The zero-order valence-corrected chi connectivity index (χ0v) is 19.5. The molecule has 1 amide bonds. The molecule has 9 nitrogen and oxygen atoms in total. The molecule has 1 fully saturated rings. The highest BCUT2D eigenvalue weighted by Crippen LogP contribution is 2.28. The molecule has 4 rings (SSSR count). The Morgan fingerprint density at radius 3 is 2.59 bits per heavy atom. The van der Waals surface area contributed by atoms with Gasteiger partial charge in [0, 0.05) is 35.9 Å². The quantitative estimate of drug-likeness (QED) is 0.532. The summed E-state index contributed by atoms with van der Waals surface area (Å²) >= 11 is 1.14. The first kappa shape index (κ1) is 22.6. The average molecular weight is 476 g/mol. The number of hydrogen-bond donors (Lipinski definition) is 1. The maximum atomic E-state index is 12.7. The molecular weight excluding hydrogens is 450 g/mol. The minimum absolute atomic E-state index is 0.0131. The standard InChI is InChI=1S/C21H25N5O4S2/c1-14(2)19(21-24-20(25-30-21)15-7-9-22-10-8-15)23-17(27)13-16-5-6-18(31-16)32(28,29)26-11-3-4-12-26/h5-10,14,19H,3-4,11-13H2,1-2H3,(H,23,27). The third kappa shape index (κ3) is 4.89. The summed E-state index contributed by atoms with van der Waals surface area (Å²) in [6, 6.07) is 6.38. The first-order valence-electron chi connectivity index (χ1n) is 10.5. The summed E-state index contributed by atoms with van der Waals surface area (Å²) in [7, 11) is -3.47. The fourth-order valence-electron chi connectivity index (χ4n) is 3.52. The van der Waals surface area contributed by atoms with Gasteiger partial charge >= 0.3 is 0 Å². The minimum atomic E-state index is -3.47. The van der Waals surface area contributed by atoms with Gasteiger partial charge in [-0.05, 0) is 43.0 Å². The van der Waals surface area contributed by atoms with E-state index in [-0.39, 0.29) is 22.5 Å². The summed E-state index contributed by atoms with van der Waals surface area (Å²) < 4.78 is 32.6. The number of carbonyl (C=O) groups excluding carboxylic acids is 1. The van der Waals surface area contributed by atoms with E-state index in [4.69, 9.17) is 4.52 Å². The molecule has 1 N–H and O–H groups in total. The number of nitrogens with zero attached hydrogens (tertiary/aromatic N) is 4. The lowest BCUT2D eigenvalue weighted by Gasteiger charge is -2.18. The van der Waals surface area contributed by atoms with Crippen LogP contribution in [0.15, 0.2) is 45.4 Å². The van der Waals surface area contributed by atoms with Crippen LogP contribution in [-0.2, 0) is 21.2 Å². The van der Waals surface area contributed by atoms with E-state index >= 15 is 0 Å². The summed E-state index contributed by atoms with van der Waals surface area (Å²) in [4.78, 5) is 21.8. The second-order valence-corrected chi connectivity index (χ2v) is 11.3. The topological polar surface area (TPSA) is 118 Å². The van der Waals surface area contributed by atoms with E-state index in [0.717, 1.165) is 29.7 Å². The lowest BCUT2D eigenvalue weighted by molar-refractivity contribution is -0.121. The van der Waals surface area contributed by atoms with E-state index in [2.05, 4.69) is 20.4 Å². The zero-order chi connectivity index (χ0) is 22.7. The van der Waals surface area contributed by atoms with Crippen LogP contribution in [-0.4, -0.2) is 46.8 Å². The van der Waals surface area contributed by atoms with Crippen molar-refractivity contribution in [3.05, 3.63) is 47.4 Å². The Labute approximate surface area is 190 Å². The molecule has 170 valence electrons. The third-order valence-electron chi connectivity index (χ3n) is 5.26. The van der Waals surface area contributed by atoms with Crippen LogP contribution in [0.25, 0.3) is 11.4 Å². The smallest absolute Gasteiger partial charge is 0.252 e. The molecule has 11 heteroatoms. The van der Waals surface area contributed by atoms with Crippen LogP contribution in [0.1, 0.15) is 43.5 Å². The Morgan fingerprint density at radius 2 is 1.91 bits per heavy atom. The van der Waals surface area contributed by atoms with Gasteiger partial charge in [0.15, 0.2) is 0 Å². The van der Waals surface area contributed by atoms with Gasteiger partial charge in [-0.15, -0.1) is 11.3 Å². The molecule has 3 aromatic rings.